The van der Waals surface area contributed by atoms with Crippen molar-refractivity contribution in [2.45, 2.75) is 26.4 Å². The van der Waals surface area contributed by atoms with Crippen molar-refractivity contribution in [3.05, 3.63) is 92.7 Å². The Bertz CT molecular complexity index is 1180. The third kappa shape index (κ3) is 3.86. The van der Waals surface area contributed by atoms with Gasteiger partial charge in [-0.2, -0.15) is 0 Å². The highest BCUT2D eigenvalue weighted by molar-refractivity contribution is 7.09. The molecule has 31 heavy (non-hydrogen) atoms. The fourth-order valence-electron chi connectivity index (χ4n) is 3.97. The summed E-state index contributed by atoms with van der Waals surface area (Å²) >= 11 is 1.53. The highest BCUT2D eigenvalue weighted by atomic mass is 32.1. The second-order valence-electron chi connectivity index (χ2n) is 7.60. The molecule has 1 amide bonds. The maximum absolute atomic E-state index is 13.1. The van der Waals surface area contributed by atoms with Gasteiger partial charge in [-0.3, -0.25) is 9.59 Å². The Labute approximate surface area is 185 Å². The largest absolute Gasteiger partial charge is 0.507 e. The van der Waals surface area contributed by atoms with E-state index in [4.69, 9.17) is 4.74 Å². The quantitative estimate of drug-likeness (QED) is 0.350. The molecule has 158 valence electrons. The molecular formula is C25H23NO4S. The Hall–Kier alpha value is -3.38. The van der Waals surface area contributed by atoms with Gasteiger partial charge in [0.1, 0.15) is 11.5 Å². The number of likely N-dealkylation sites (tertiary alicyclic amines) is 1. The number of Topliss-reactive ketones (excluding diaryl/α,β-unsaturated/α-hetero) is 1. The van der Waals surface area contributed by atoms with Crippen molar-refractivity contribution < 1.29 is 19.4 Å². The highest BCUT2D eigenvalue weighted by Gasteiger charge is 2.46. The van der Waals surface area contributed by atoms with E-state index < -0.39 is 17.7 Å². The number of amides is 1. The van der Waals surface area contributed by atoms with Crippen molar-refractivity contribution in [1.29, 1.82) is 0 Å². The maximum Gasteiger partial charge on any atom is 0.295 e. The number of aliphatic hydroxyl groups excluding tert-OH is 1. The van der Waals surface area contributed by atoms with E-state index in [2.05, 4.69) is 0 Å². The summed E-state index contributed by atoms with van der Waals surface area (Å²) < 4.78 is 5.25. The summed E-state index contributed by atoms with van der Waals surface area (Å²) in [6.45, 7) is 4.10. The zero-order valence-electron chi connectivity index (χ0n) is 17.6. The average molecular weight is 434 g/mol. The average Bonchev–Trinajstić information content (AvgIpc) is 3.35. The van der Waals surface area contributed by atoms with Crippen LogP contribution in [0.25, 0.3) is 5.76 Å². The molecule has 0 saturated carbocycles. The van der Waals surface area contributed by atoms with Crippen LogP contribution in [-0.2, 0) is 16.1 Å². The molecule has 3 aromatic rings. The van der Waals surface area contributed by atoms with Gasteiger partial charge in [0.25, 0.3) is 11.7 Å². The van der Waals surface area contributed by atoms with Crippen LogP contribution in [0.2, 0.25) is 0 Å². The lowest BCUT2D eigenvalue weighted by atomic mass is 9.93. The first kappa shape index (κ1) is 20.9. The zero-order valence-corrected chi connectivity index (χ0v) is 18.4. The number of ether oxygens (including phenoxy) is 1. The van der Waals surface area contributed by atoms with Gasteiger partial charge in [-0.1, -0.05) is 35.9 Å². The third-order valence-electron chi connectivity index (χ3n) is 5.49. The summed E-state index contributed by atoms with van der Waals surface area (Å²) in [5, 5.41) is 13.2. The Balaban J connectivity index is 1.89. The van der Waals surface area contributed by atoms with E-state index >= 15 is 0 Å². The van der Waals surface area contributed by atoms with Gasteiger partial charge in [0.05, 0.1) is 25.3 Å². The molecule has 2 aromatic carbocycles. The van der Waals surface area contributed by atoms with Crippen LogP contribution in [0.3, 0.4) is 0 Å². The predicted molar refractivity (Wildman–Crippen MR) is 121 cm³/mol. The number of benzene rings is 2. The first-order valence-electron chi connectivity index (χ1n) is 9.93. The SMILES string of the molecule is COc1ccc(/C(O)=C2/C(=O)C(=O)N(Cc3cccs3)C2c2cccc(C)c2)c(C)c1. The topological polar surface area (TPSA) is 66.8 Å². The number of hydrogen-bond donors (Lipinski definition) is 1. The van der Waals surface area contributed by atoms with Gasteiger partial charge in [0, 0.05) is 10.4 Å². The Morgan fingerprint density at radius 1 is 1.10 bits per heavy atom. The summed E-state index contributed by atoms with van der Waals surface area (Å²) in [5.74, 6) is -0.787. The molecule has 2 heterocycles. The van der Waals surface area contributed by atoms with Gasteiger partial charge < -0.3 is 14.7 Å². The monoisotopic (exact) mass is 433 g/mol. The van der Waals surface area contributed by atoms with Gasteiger partial charge in [0.15, 0.2) is 0 Å². The van der Waals surface area contributed by atoms with Crippen molar-refractivity contribution in [1.82, 2.24) is 4.90 Å². The van der Waals surface area contributed by atoms with Crippen LogP contribution in [0, 0.1) is 13.8 Å². The maximum atomic E-state index is 13.1. The molecule has 0 bridgehead atoms. The standard InChI is InChI=1S/C25H23NO4S/c1-15-6-4-7-17(12-15)22-21(23(27)20-10-9-18(30-3)13-16(20)2)24(28)25(29)26(22)14-19-8-5-11-31-19/h4-13,22,27H,14H2,1-3H3/b23-21-. The number of rotatable bonds is 5. The number of nitrogens with zero attached hydrogens (tertiary/aromatic N) is 1. The number of methoxy groups -OCH3 is 1. The highest BCUT2D eigenvalue weighted by Crippen LogP contribution is 2.41. The number of carbonyl (C=O) groups is 2. The molecule has 1 unspecified atom stereocenters. The minimum atomic E-state index is -0.671. The number of aryl methyl sites for hydroxylation is 2. The van der Waals surface area contributed by atoms with E-state index in [1.165, 1.54) is 11.3 Å². The summed E-state index contributed by atoms with van der Waals surface area (Å²) in [7, 11) is 1.57. The molecule has 1 atom stereocenters. The Kier molecular flexibility index (Phi) is 5.65. The molecule has 4 rings (SSSR count). The van der Waals surface area contributed by atoms with Crippen LogP contribution < -0.4 is 4.74 Å². The summed E-state index contributed by atoms with van der Waals surface area (Å²) in [4.78, 5) is 28.7. The Morgan fingerprint density at radius 2 is 1.90 bits per heavy atom. The van der Waals surface area contributed by atoms with Crippen molar-refractivity contribution in [2.75, 3.05) is 7.11 Å². The fraction of sp³-hybridized carbons (Fsp3) is 0.200. The molecular weight excluding hydrogens is 410 g/mol. The molecule has 0 spiro atoms. The van der Waals surface area contributed by atoms with Crippen LogP contribution in [0.1, 0.15) is 33.2 Å². The normalized spacial score (nSPS) is 17.9. The number of ketones is 1. The molecule has 1 aliphatic rings. The van der Waals surface area contributed by atoms with Crippen LogP contribution in [0.15, 0.2) is 65.6 Å². The van der Waals surface area contributed by atoms with Crippen LogP contribution in [0.4, 0.5) is 0 Å². The van der Waals surface area contributed by atoms with Crippen LogP contribution in [0.5, 0.6) is 5.75 Å². The van der Waals surface area contributed by atoms with Gasteiger partial charge in [-0.15, -0.1) is 11.3 Å². The Morgan fingerprint density at radius 3 is 2.55 bits per heavy atom. The minimum Gasteiger partial charge on any atom is -0.507 e. The first-order valence-corrected chi connectivity index (χ1v) is 10.8. The van der Waals surface area contributed by atoms with E-state index in [1.54, 1.807) is 30.2 Å². The van der Waals surface area contributed by atoms with Gasteiger partial charge in [-0.05, 0) is 54.6 Å². The first-order chi connectivity index (χ1) is 14.9. The molecule has 0 radical (unpaired) electrons. The number of hydrogen-bond acceptors (Lipinski definition) is 5. The second-order valence-corrected chi connectivity index (χ2v) is 8.63. The number of thiophene rings is 1. The van der Waals surface area contributed by atoms with Crippen LogP contribution >= 0.6 is 11.3 Å². The smallest absolute Gasteiger partial charge is 0.295 e. The summed E-state index contributed by atoms with van der Waals surface area (Å²) in [6.07, 6.45) is 0. The van der Waals surface area contributed by atoms with E-state index in [-0.39, 0.29) is 11.3 Å². The zero-order chi connectivity index (χ0) is 22.1. The van der Waals surface area contributed by atoms with Crippen molar-refractivity contribution in [2.24, 2.45) is 0 Å². The van der Waals surface area contributed by atoms with E-state index in [1.807, 2.05) is 55.6 Å². The summed E-state index contributed by atoms with van der Waals surface area (Å²) in [5.41, 5.74) is 3.18. The van der Waals surface area contributed by atoms with Gasteiger partial charge in [0.2, 0.25) is 0 Å². The lowest BCUT2D eigenvalue weighted by Gasteiger charge is -2.25. The van der Waals surface area contributed by atoms with E-state index in [0.717, 1.165) is 21.6 Å². The molecule has 5 nitrogen and oxygen atoms in total. The third-order valence-corrected chi connectivity index (χ3v) is 6.35. The van der Waals surface area contributed by atoms with Crippen LogP contribution in [-0.4, -0.2) is 28.8 Å². The van der Waals surface area contributed by atoms with Gasteiger partial charge >= 0.3 is 0 Å². The van der Waals surface area contributed by atoms with E-state index in [0.29, 0.717) is 17.9 Å². The fourth-order valence-corrected chi connectivity index (χ4v) is 4.68. The second kappa shape index (κ2) is 8.40. The number of aliphatic hydroxyl groups is 1. The molecule has 6 heteroatoms. The number of carbonyl (C=O) groups excluding carboxylic acids is 2. The van der Waals surface area contributed by atoms with Crippen molar-refractivity contribution in [3.8, 4) is 5.75 Å². The lowest BCUT2D eigenvalue weighted by molar-refractivity contribution is -0.140. The molecule has 1 aliphatic heterocycles. The van der Waals surface area contributed by atoms with Crippen molar-refractivity contribution >= 4 is 28.8 Å². The molecule has 1 fully saturated rings. The molecule has 1 saturated heterocycles. The lowest BCUT2D eigenvalue weighted by Crippen LogP contribution is -2.28. The van der Waals surface area contributed by atoms with E-state index in [9.17, 15) is 14.7 Å². The summed E-state index contributed by atoms with van der Waals surface area (Å²) in [6, 6.07) is 16.1. The molecule has 1 aromatic heterocycles. The minimum absolute atomic E-state index is 0.112. The predicted octanol–water partition coefficient (Wildman–Crippen LogP) is 5.00. The van der Waals surface area contributed by atoms with Crippen molar-refractivity contribution in [3.63, 3.8) is 0 Å². The molecule has 1 N–H and O–H groups in total. The van der Waals surface area contributed by atoms with Gasteiger partial charge in [-0.25, -0.2) is 0 Å². The molecule has 0 aliphatic carbocycles.